The summed E-state index contributed by atoms with van der Waals surface area (Å²) in [6, 6.07) is 6.62. The largest absolute Gasteiger partial charge is 0.336 e. The third kappa shape index (κ3) is 4.03. The molecule has 0 aliphatic heterocycles. The van der Waals surface area contributed by atoms with Gasteiger partial charge in [0.05, 0.1) is 16.7 Å². The van der Waals surface area contributed by atoms with Crippen LogP contribution in [-0.4, -0.2) is 11.9 Å². The molecule has 1 atom stereocenters. The van der Waals surface area contributed by atoms with Crippen molar-refractivity contribution in [1.82, 2.24) is 5.32 Å². The molecule has 1 amide bonds. The van der Waals surface area contributed by atoms with E-state index < -0.39 is 6.04 Å². The molecule has 1 rings (SSSR count). The molecule has 1 aromatic rings. The van der Waals surface area contributed by atoms with E-state index in [1.54, 1.807) is 18.2 Å². The van der Waals surface area contributed by atoms with Crippen molar-refractivity contribution in [2.75, 3.05) is 0 Å². The standard InChI is InChI=1S/C12H12BrClN2O/c1-2-3-9(7-15)16-12(17)10-6-8(13)4-5-11(10)14/h4-6,9H,2-3H2,1H3,(H,16,17). The molecule has 90 valence electrons. The lowest BCUT2D eigenvalue weighted by Crippen LogP contribution is -2.33. The summed E-state index contributed by atoms with van der Waals surface area (Å²) in [6.45, 7) is 1.96. The van der Waals surface area contributed by atoms with Gasteiger partial charge in [0.2, 0.25) is 0 Å². The zero-order chi connectivity index (χ0) is 12.8. The van der Waals surface area contributed by atoms with Gasteiger partial charge in [0.1, 0.15) is 6.04 Å². The monoisotopic (exact) mass is 314 g/mol. The first-order chi connectivity index (χ1) is 8.08. The SMILES string of the molecule is CCCC(C#N)NC(=O)c1cc(Br)ccc1Cl. The maximum absolute atomic E-state index is 11.9. The first-order valence-electron chi connectivity index (χ1n) is 5.24. The van der Waals surface area contributed by atoms with Crippen LogP contribution in [0, 0.1) is 11.3 Å². The van der Waals surface area contributed by atoms with Gasteiger partial charge in [0.15, 0.2) is 0 Å². The topological polar surface area (TPSA) is 52.9 Å². The molecule has 0 saturated heterocycles. The zero-order valence-electron chi connectivity index (χ0n) is 9.34. The Hall–Kier alpha value is -1.05. The minimum absolute atomic E-state index is 0.323. The molecule has 1 N–H and O–H groups in total. The quantitative estimate of drug-likeness (QED) is 0.924. The van der Waals surface area contributed by atoms with Gasteiger partial charge in [-0.2, -0.15) is 5.26 Å². The average molecular weight is 316 g/mol. The third-order valence-electron chi connectivity index (χ3n) is 2.21. The number of carbonyl (C=O) groups is 1. The molecule has 1 unspecified atom stereocenters. The van der Waals surface area contributed by atoms with E-state index in [0.29, 0.717) is 17.0 Å². The van der Waals surface area contributed by atoms with E-state index in [4.69, 9.17) is 16.9 Å². The highest BCUT2D eigenvalue weighted by molar-refractivity contribution is 9.10. The van der Waals surface area contributed by atoms with Gasteiger partial charge < -0.3 is 5.32 Å². The van der Waals surface area contributed by atoms with Crippen LogP contribution < -0.4 is 5.32 Å². The van der Waals surface area contributed by atoms with Crippen LogP contribution >= 0.6 is 27.5 Å². The number of benzene rings is 1. The number of amides is 1. The second-order valence-electron chi connectivity index (χ2n) is 3.57. The smallest absolute Gasteiger partial charge is 0.253 e. The minimum atomic E-state index is -0.470. The molecule has 5 heteroatoms. The Kier molecular flexibility index (Phi) is 5.46. The van der Waals surface area contributed by atoms with Crippen LogP contribution in [0.1, 0.15) is 30.1 Å². The first-order valence-corrected chi connectivity index (χ1v) is 6.41. The summed E-state index contributed by atoms with van der Waals surface area (Å²) in [5.41, 5.74) is 0.373. The highest BCUT2D eigenvalue weighted by Gasteiger charge is 2.15. The van der Waals surface area contributed by atoms with Gasteiger partial charge in [-0.25, -0.2) is 0 Å². The van der Waals surface area contributed by atoms with Gasteiger partial charge in [0, 0.05) is 4.47 Å². The van der Waals surface area contributed by atoms with Crippen molar-refractivity contribution in [2.45, 2.75) is 25.8 Å². The van der Waals surface area contributed by atoms with Crippen LogP contribution in [0.5, 0.6) is 0 Å². The highest BCUT2D eigenvalue weighted by Crippen LogP contribution is 2.21. The number of hydrogen-bond acceptors (Lipinski definition) is 2. The van der Waals surface area contributed by atoms with Crippen molar-refractivity contribution in [3.8, 4) is 6.07 Å². The van der Waals surface area contributed by atoms with Crippen LogP contribution in [-0.2, 0) is 0 Å². The number of nitrogens with zero attached hydrogens (tertiary/aromatic N) is 1. The molecule has 0 aliphatic carbocycles. The normalized spacial score (nSPS) is 11.6. The fraction of sp³-hybridized carbons (Fsp3) is 0.333. The second kappa shape index (κ2) is 6.63. The summed E-state index contributed by atoms with van der Waals surface area (Å²) >= 11 is 9.21. The number of halogens is 2. The van der Waals surface area contributed by atoms with Gasteiger partial charge >= 0.3 is 0 Å². The Labute approximate surface area is 114 Å². The van der Waals surface area contributed by atoms with E-state index >= 15 is 0 Å². The van der Waals surface area contributed by atoms with Gasteiger partial charge in [0.25, 0.3) is 5.91 Å². The summed E-state index contributed by atoms with van der Waals surface area (Å²) in [5, 5.41) is 11.9. The fourth-order valence-corrected chi connectivity index (χ4v) is 1.93. The summed E-state index contributed by atoms with van der Waals surface area (Å²) in [5.74, 6) is -0.323. The average Bonchev–Trinajstić information content (AvgIpc) is 2.31. The van der Waals surface area contributed by atoms with Crippen molar-refractivity contribution in [3.63, 3.8) is 0 Å². The number of hydrogen-bond donors (Lipinski definition) is 1. The van der Waals surface area contributed by atoms with Crippen LogP contribution in [0.15, 0.2) is 22.7 Å². The van der Waals surface area contributed by atoms with E-state index in [2.05, 4.69) is 27.3 Å². The molecule has 0 aromatic heterocycles. The molecule has 3 nitrogen and oxygen atoms in total. The number of nitriles is 1. The number of nitrogens with one attached hydrogen (secondary N) is 1. The Morgan fingerprint density at radius 2 is 2.35 bits per heavy atom. The Morgan fingerprint density at radius 3 is 2.94 bits per heavy atom. The van der Waals surface area contributed by atoms with Crippen molar-refractivity contribution in [2.24, 2.45) is 0 Å². The van der Waals surface area contributed by atoms with Gasteiger partial charge in [-0.1, -0.05) is 40.9 Å². The van der Waals surface area contributed by atoms with Crippen molar-refractivity contribution in [3.05, 3.63) is 33.3 Å². The predicted molar refractivity (Wildman–Crippen MR) is 70.9 cm³/mol. The van der Waals surface area contributed by atoms with Crippen molar-refractivity contribution < 1.29 is 4.79 Å². The third-order valence-corrected chi connectivity index (χ3v) is 3.03. The molecule has 0 bridgehead atoms. The van der Waals surface area contributed by atoms with Crippen LogP contribution in [0.25, 0.3) is 0 Å². The molecular formula is C12H12BrClN2O. The Balaban J connectivity index is 2.83. The molecule has 0 spiro atoms. The van der Waals surface area contributed by atoms with Gasteiger partial charge in [-0.15, -0.1) is 0 Å². The van der Waals surface area contributed by atoms with Crippen molar-refractivity contribution >= 4 is 33.4 Å². The van der Waals surface area contributed by atoms with Crippen LogP contribution in [0.3, 0.4) is 0 Å². The lowest BCUT2D eigenvalue weighted by molar-refractivity contribution is 0.0944. The lowest BCUT2D eigenvalue weighted by Gasteiger charge is -2.11. The molecule has 17 heavy (non-hydrogen) atoms. The van der Waals surface area contributed by atoms with Gasteiger partial charge in [-0.3, -0.25) is 4.79 Å². The molecule has 0 heterocycles. The number of rotatable bonds is 4. The lowest BCUT2D eigenvalue weighted by atomic mass is 10.1. The summed E-state index contributed by atoms with van der Waals surface area (Å²) in [4.78, 5) is 11.9. The van der Waals surface area contributed by atoms with E-state index in [0.717, 1.165) is 10.9 Å². The molecule has 0 radical (unpaired) electrons. The van der Waals surface area contributed by atoms with Crippen LogP contribution in [0.2, 0.25) is 5.02 Å². The highest BCUT2D eigenvalue weighted by atomic mass is 79.9. The van der Waals surface area contributed by atoms with Crippen LogP contribution in [0.4, 0.5) is 0 Å². The zero-order valence-corrected chi connectivity index (χ0v) is 11.7. The number of carbonyl (C=O) groups excluding carboxylic acids is 1. The molecule has 0 aliphatic rings. The van der Waals surface area contributed by atoms with E-state index in [-0.39, 0.29) is 5.91 Å². The Bertz CT molecular complexity index is 456. The molecule has 0 saturated carbocycles. The summed E-state index contributed by atoms with van der Waals surface area (Å²) < 4.78 is 0.774. The molecule has 1 aromatic carbocycles. The first kappa shape index (κ1) is 14.0. The predicted octanol–water partition coefficient (Wildman–Crippen LogP) is 3.52. The molecule has 0 fully saturated rings. The Morgan fingerprint density at radius 1 is 1.65 bits per heavy atom. The maximum atomic E-state index is 11.9. The second-order valence-corrected chi connectivity index (χ2v) is 4.89. The molecular weight excluding hydrogens is 304 g/mol. The van der Waals surface area contributed by atoms with E-state index in [9.17, 15) is 4.79 Å². The fourth-order valence-electron chi connectivity index (χ4n) is 1.37. The van der Waals surface area contributed by atoms with Crippen molar-refractivity contribution in [1.29, 1.82) is 5.26 Å². The van der Waals surface area contributed by atoms with E-state index in [1.165, 1.54) is 0 Å². The summed E-state index contributed by atoms with van der Waals surface area (Å²) in [6.07, 6.45) is 1.47. The minimum Gasteiger partial charge on any atom is -0.336 e. The maximum Gasteiger partial charge on any atom is 0.253 e. The van der Waals surface area contributed by atoms with Gasteiger partial charge in [-0.05, 0) is 24.6 Å². The summed E-state index contributed by atoms with van der Waals surface area (Å²) in [7, 11) is 0. The van der Waals surface area contributed by atoms with E-state index in [1.807, 2.05) is 6.92 Å².